The van der Waals surface area contributed by atoms with Crippen LogP contribution in [0.3, 0.4) is 0 Å². The van der Waals surface area contributed by atoms with Gasteiger partial charge >= 0.3 is 0 Å². The van der Waals surface area contributed by atoms with Crippen molar-refractivity contribution in [2.24, 2.45) is 0 Å². The molecule has 5 atom stereocenters. The molecule has 2 heterocycles. The van der Waals surface area contributed by atoms with Gasteiger partial charge in [0.2, 0.25) is 0 Å². The number of amides is 2. The molecule has 5 rings (SSSR count). The van der Waals surface area contributed by atoms with Crippen LogP contribution in [0.15, 0.2) is 84.9 Å². The van der Waals surface area contributed by atoms with Crippen LogP contribution in [0, 0.1) is 0 Å². The summed E-state index contributed by atoms with van der Waals surface area (Å²) in [5.74, 6) is -0.777. The highest BCUT2D eigenvalue weighted by molar-refractivity contribution is 7.80. The molecule has 0 aliphatic carbocycles. The lowest BCUT2D eigenvalue weighted by Gasteiger charge is -2.47. The molecule has 0 radical (unpaired) electrons. The first-order chi connectivity index (χ1) is 18.6. The second-order valence-corrected chi connectivity index (χ2v) is 9.77. The maximum absolute atomic E-state index is 13.4. The van der Waals surface area contributed by atoms with Crippen molar-refractivity contribution in [2.75, 3.05) is 13.2 Å². The summed E-state index contributed by atoms with van der Waals surface area (Å²) < 4.78 is 24.9. The summed E-state index contributed by atoms with van der Waals surface area (Å²) in [4.78, 5) is 28.1. The molecule has 38 heavy (non-hydrogen) atoms. The summed E-state index contributed by atoms with van der Waals surface area (Å²) in [7, 11) is 0. The Balaban J connectivity index is 1.42. The number of hydrogen-bond donors (Lipinski definition) is 1. The van der Waals surface area contributed by atoms with Crippen molar-refractivity contribution >= 4 is 24.4 Å². The number of fused-ring (bicyclic) bond motifs is 1. The van der Waals surface area contributed by atoms with Crippen molar-refractivity contribution < 1.29 is 28.5 Å². The molecule has 7 nitrogen and oxygen atoms in total. The lowest BCUT2D eigenvalue weighted by molar-refractivity contribution is -0.218. The fraction of sp³-hybridized carbons (Fsp3) is 0.333. The highest BCUT2D eigenvalue weighted by Gasteiger charge is 2.53. The molecule has 1 fully saturated rings. The highest BCUT2D eigenvalue weighted by atomic mass is 32.1. The number of benzene rings is 3. The van der Waals surface area contributed by atoms with Crippen molar-refractivity contribution in [3.05, 3.63) is 107 Å². The van der Waals surface area contributed by atoms with Gasteiger partial charge in [0, 0.05) is 6.61 Å². The minimum atomic E-state index is -0.809. The Kier molecular flexibility index (Phi) is 8.56. The van der Waals surface area contributed by atoms with Gasteiger partial charge in [-0.3, -0.25) is 14.5 Å². The molecule has 198 valence electrons. The minimum absolute atomic E-state index is 0.233. The summed E-state index contributed by atoms with van der Waals surface area (Å²) in [5, 5.41) is 0. The van der Waals surface area contributed by atoms with Gasteiger partial charge in [-0.15, -0.1) is 12.6 Å². The quantitative estimate of drug-likeness (QED) is 0.305. The lowest BCUT2D eigenvalue weighted by atomic mass is 9.96. The SMILES string of the molecule is CCO[C@H]1[C@H](OCc2ccccc2)[C@@H](N2C(=O)c3ccccc3C2=O)[C@H](S)O[C@@H]1COCc1ccccc1. The van der Waals surface area contributed by atoms with Gasteiger partial charge in [-0.2, -0.15) is 0 Å². The summed E-state index contributed by atoms with van der Waals surface area (Å²) in [5.41, 5.74) is 1.92. The van der Waals surface area contributed by atoms with Crippen molar-refractivity contribution in [1.82, 2.24) is 4.90 Å². The van der Waals surface area contributed by atoms with Gasteiger partial charge in [-0.25, -0.2) is 0 Å². The fourth-order valence-electron chi connectivity index (χ4n) is 5.01. The van der Waals surface area contributed by atoms with Crippen LogP contribution in [0.25, 0.3) is 0 Å². The number of ether oxygens (including phenoxy) is 4. The molecule has 0 saturated carbocycles. The largest absolute Gasteiger partial charge is 0.374 e. The molecule has 1 saturated heterocycles. The second-order valence-electron chi connectivity index (χ2n) is 9.26. The zero-order valence-electron chi connectivity index (χ0n) is 21.1. The van der Waals surface area contributed by atoms with Crippen molar-refractivity contribution in [1.29, 1.82) is 0 Å². The van der Waals surface area contributed by atoms with E-state index in [0.29, 0.717) is 24.3 Å². The van der Waals surface area contributed by atoms with E-state index in [9.17, 15) is 9.59 Å². The Morgan fingerprint density at radius 1 is 0.763 bits per heavy atom. The standard InChI is InChI=1S/C30H31NO6S/c1-2-35-26-24(19-34-17-20-11-5-3-6-12-20)37-30(38)25(27(26)36-18-21-13-7-4-8-14-21)31-28(32)22-15-9-10-16-23(22)29(31)33/h3-16,24-27,30,38H,2,17-19H2,1H3/t24-,25-,26-,27-,30+/m1/s1. The minimum Gasteiger partial charge on any atom is -0.374 e. The smallest absolute Gasteiger partial charge is 0.262 e. The Hall–Kier alpha value is -3.01. The lowest BCUT2D eigenvalue weighted by Crippen LogP contribution is -2.65. The first kappa shape index (κ1) is 26.6. The first-order valence-corrected chi connectivity index (χ1v) is 13.3. The summed E-state index contributed by atoms with van der Waals surface area (Å²) >= 11 is 4.73. The Morgan fingerprint density at radius 2 is 1.32 bits per heavy atom. The Morgan fingerprint density at radius 3 is 1.89 bits per heavy atom. The predicted molar refractivity (Wildman–Crippen MR) is 145 cm³/mol. The number of hydrogen-bond acceptors (Lipinski definition) is 7. The van der Waals surface area contributed by atoms with E-state index in [1.807, 2.05) is 67.6 Å². The van der Waals surface area contributed by atoms with Gasteiger partial charge in [0.05, 0.1) is 30.9 Å². The third-order valence-corrected chi connectivity index (χ3v) is 7.22. The predicted octanol–water partition coefficient (Wildman–Crippen LogP) is 4.51. The zero-order valence-corrected chi connectivity index (χ0v) is 22.0. The molecule has 0 N–H and O–H groups in total. The number of imide groups is 1. The van der Waals surface area contributed by atoms with E-state index in [1.165, 1.54) is 4.90 Å². The van der Waals surface area contributed by atoms with Crippen LogP contribution in [-0.4, -0.2) is 59.7 Å². The third-order valence-electron chi connectivity index (χ3n) is 6.79. The van der Waals surface area contributed by atoms with Crippen LogP contribution < -0.4 is 0 Å². The van der Waals surface area contributed by atoms with E-state index in [2.05, 4.69) is 0 Å². The molecule has 2 aliphatic heterocycles. The van der Waals surface area contributed by atoms with Gasteiger partial charge in [0.1, 0.15) is 29.8 Å². The Labute approximate surface area is 228 Å². The molecule has 0 unspecified atom stereocenters. The average molecular weight is 534 g/mol. The average Bonchev–Trinajstić information content (AvgIpc) is 3.19. The Bertz CT molecular complexity index is 1200. The van der Waals surface area contributed by atoms with E-state index in [1.54, 1.807) is 24.3 Å². The van der Waals surface area contributed by atoms with E-state index in [0.717, 1.165) is 11.1 Å². The molecular weight excluding hydrogens is 502 g/mol. The fourth-order valence-corrected chi connectivity index (χ4v) is 5.47. The topological polar surface area (TPSA) is 74.3 Å². The normalized spacial score (nSPS) is 25.0. The molecule has 2 amide bonds. The van der Waals surface area contributed by atoms with E-state index in [-0.39, 0.29) is 25.0 Å². The number of rotatable bonds is 10. The van der Waals surface area contributed by atoms with Gasteiger partial charge in [-0.1, -0.05) is 72.8 Å². The number of nitrogens with zero attached hydrogens (tertiary/aromatic N) is 1. The van der Waals surface area contributed by atoms with Crippen LogP contribution in [0.1, 0.15) is 38.8 Å². The summed E-state index contributed by atoms with van der Waals surface area (Å²) in [6.45, 7) is 3.19. The van der Waals surface area contributed by atoms with Crippen molar-refractivity contribution in [3.8, 4) is 0 Å². The molecule has 3 aromatic carbocycles. The van der Waals surface area contributed by atoms with Crippen molar-refractivity contribution in [3.63, 3.8) is 0 Å². The molecular formula is C30H31NO6S. The number of carbonyl (C=O) groups excluding carboxylic acids is 2. The molecule has 2 aliphatic rings. The van der Waals surface area contributed by atoms with Gasteiger partial charge in [0.25, 0.3) is 11.8 Å². The van der Waals surface area contributed by atoms with Crippen LogP contribution in [0.5, 0.6) is 0 Å². The van der Waals surface area contributed by atoms with Crippen molar-refractivity contribution in [2.45, 2.75) is 49.9 Å². The van der Waals surface area contributed by atoms with E-state index >= 15 is 0 Å². The first-order valence-electron chi connectivity index (χ1n) is 12.8. The van der Waals surface area contributed by atoms with Crippen LogP contribution in [0.2, 0.25) is 0 Å². The molecule has 8 heteroatoms. The maximum Gasteiger partial charge on any atom is 0.262 e. The second kappa shape index (κ2) is 12.2. The molecule has 3 aromatic rings. The zero-order chi connectivity index (χ0) is 26.5. The number of carbonyl (C=O) groups is 2. The van der Waals surface area contributed by atoms with Crippen LogP contribution in [-0.2, 0) is 32.2 Å². The third kappa shape index (κ3) is 5.55. The summed E-state index contributed by atoms with van der Waals surface area (Å²) in [6, 6.07) is 25.6. The van der Waals surface area contributed by atoms with Crippen LogP contribution in [0.4, 0.5) is 0 Å². The highest BCUT2D eigenvalue weighted by Crippen LogP contribution is 2.36. The summed E-state index contributed by atoms with van der Waals surface area (Å²) in [6.07, 6.45) is -1.82. The monoisotopic (exact) mass is 533 g/mol. The number of thiol groups is 1. The molecule has 0 bridgehead atoms. The van der Waals surface area contributed by atoms with E-state index < -0.39 is 29.8 Å². The van der Waals surface area contributed by atoms with Crippen LogP contribution >= 0.6 is 12.6 Å². The van der Waals surface area contributed by atoms with E-state index in [4.69, 9.17) is 31.6 Å². The van der Waals surface area contributed by atoms with Gasteiger partial charge in [0.15, 0.2) is 0 Å². The molecule has 0 aromatic heterocycles. The molecule has 0 spiro atoms. The maximum atomic E-state index is 13.4. The van der Waals surface area contributed by atoms with Gasteiger partial charge in [-0.05, 0) is 30.2 Å². The van der Waals surface area contributed by atoms with Gasteiger partial charge < -0.3 is 18.9 Å².